The van der Waals surface area contributed by atoms with Gasteiger partial charge in [0.1, 0.15) is 0 Å². The highest BCUT2D eigenvalue weighted by atomic mass is 32.1. The molecule has 2 rings (SSSR count). The van der Waals surface area contributed by atoms with E-state index in [9.17, 15) is 0 Å². The van der Waals surface area contributed by atoms with Gasteiger partial charge >= 0.3 is 0 Å². The molecule has 0 spiro atoms. The van der Waals surface area contributed by atoms with Crippen LogP contribution in [0.5, 0.6) is 0 Å². The van der Waals surface area contributed by atoms with E-state index in [1.54, 1.807) is 11.3 Å². The Kier molecular flexibility index (Phi) is 2.28. The molecule has 1 aliphatic heterocycles. The molecule has 12 heavy (non-hydrogen) atoms. The summed E-state index contributed by atoms with van der Waals surface area (Å²) in [5.74, 6) is 0.675. The summed E-state index contributed by atoms with van der Waals surface area (Å²) in [4.78, 5) is 6.59. The minimum absolute atomic E-state index is 0.675. The highest BCUT2D eigenvalue weighted by Gasteiger charge is 2.22. The molecular weight excluding hydrogens is 170 g/mol. The molecule has 0 aliphatic carbocycles. The van der Waals surface area contributed by atoms with E-state index < -0.39 is 0 Å². The molecule has 2 N–H and O–H groups in total. The van der Waals surface area contributed by atoms with Gasteiger partial charge in [-0.25, -0.2) is 4.98 Å². The van der Waals surface area contributed by atoms with Gasteiger partial charge in [0, 0.05) is 24.7 Å². The van der Waals surface area contributed by atoms with Gasteiger partial charge in [-0.05, 0) is 18.9 Å². The zero-order chi connectivity index (χ0) is 8.39. The Hall–Kier alpha value is -0.610. The summed E-state index contributed by atoms with van der Waals surface area (Å²) in [6, 6.07) is 0. The largest absolute Gasteiger partial charge is 0.348 e. The van der Waals surface area contributed by atoms with Gasteiger partial charge in [0.2, 0.25) is 0 Å². The zero-order valence-electron chi connectivity index (χ0n) is 6.94. The van der Waals surface area contributed by atoms with E-state index in [-0.39, 0.29) is 0 Å². The number of anilines is 1. The van der Waals surface area contributed by atoms with Crippen LogP contribution in [-0.4, -0.2) is 24.6 Å². The van der Waals surface area contributed by atoms with Crippen molar-refractivity contribution in [3.05, 3.63) is 11.6 Å². The molecule has 1 aromatic heterocycles. The van der Waals surface area contributed by atoms with E-state index in [2.05, 4.69) is 9.88 Å². The predicted octanol–water partition coefficient (Wildman–Crippen LogP) is 0.928. The average molecular weight is 183 g/mol. The molecule has 1 aromatic rings. The number of nitrogens with zero attached hydrogens (tertiary/aromatic N) is 2. The normalized spacial score (nSPS) is 23.4. The molecule has 0 aromatic carbocycles. The Morgan fingerprint density at radius 2 is 2.67 bits per heavy atom. The van der Waals surface area contributed by atoms with Crippen molar-refractivity contribution in [1.29, 1.82) is 0 Å². The second-order valence-electron chi connectivity index (χ2n) is 3.15. The van der Waals surface area contributed by atoms with Crippen molar-refractivity contribution in [2.24, 2.45) is 11.7 Å². The maximum atomic E-state index is 5.61. The second kappa shape index (κ2) is 3.41. The molecule has 66 valence electrons. The smallest absolute Gasteiger partial charge is 0.185 e. The molecule has 0 saturated carbocycles. The summed E-state index contributed by atoms with van der Waals surface area (Å²) in [7, 11) is 0. The van der Waals surface area contributed by atoms with E-state index >= 15 is 0 Å². The topological polar surface area (TPSA) is 42.1 Å². The lowest BCUT2D eigenvalue weighted by Crippen LogP contribution is -2.22. The Morgan fingerprint density at radius 3 is 3.25 bits per heavy atom. The van der Waals surface area contributed by atoms with Crippen molar-refractivity contribution in [1.82, 2.24) is 4.98 Å². The Bertz CT molecular complexity index is 234. The third kappa shape index (κ3) is 1.44. The van der Waals surface area contributed by atoms with E-state index in [1.165, 1.54) is 6.42 Å². The van der Waals surface area contributed by atoms with Gasteiger partial charge in [0.25, 0.3) is 0 Å². The quantitative estimate of drug-likeness (QED) is 0.741. The van der Waals surface area contributed by atoms with Crippen LogP contribution in [0, 0.1) is 5.92 Å². The van der Waals surface area contributed by atoms with Crippen LogP contribution >= 0.6 is 11.3 Å². The summed E-state index contributed by atoms with van der Waals surface area (Å²) in [6.07, 6.45) is 3.08. The first-order valence-corrected chi connectivity index (χ1v) is 5.12. The van der Waals surface area contributed by atoms with Crippen LogP contribution in [0.25, 0.3) is 0 Å². The molecule has 2 heterocycles. The molecule has 0 bridgehead atoms. The average Bonchev–Trinajstić information content (AvgIpc) is 2.75. The Morgan fingerprint density at radius 1 is 1.75 bits per heavy atom. The lowest BCUT2D eigenvalue weighted by molar-refractivity contribution is 0.602. The van der Waals surface area contributed by atoms with Gasteiger partial charge in [-0.15, -0.1) is 11.3 Å². The first-order chi connectivity index (χ1) is 5.90. The van der Waals surface area contributed by atoms with Crippen LogP contribution in [-0.2, 0) is 0 Å². The standard InChI is InChI=1S/C8H13N3S/c9-5-7-1-3-11(6-7)8-10-2-4-12-8/h2,4,7H,1,3,5-6,9H2/t7-/m0/s1. The van der Waals surface area contributed by atoms with E-state index in [1.807, 2.05) is 11.6 Å². The van der Waals surface area contributed by atoms with Crippen LogP contribution in [0.1, 0.15) is 6.42 Å². The van der Waals surface area contributed by atoms with Crippen molar-refractivity contribution in [2.45, 2.75) is 6.42 Å². The number of hydrogen-bond donors (Lipinski definition) is 1. The van der Waals surface area contributed by atoms with Crippen molar-refractivity contribution in [3.8, 4) is 0 Å². The van der Waals surface area contributed by atoms with Crippen molar-refractivity contribution in [3.63, 3.8) is 0 Å². The summed E-state index contributed by atoms with van der Waals surface area (Å²) in [5, 5.41) is 3.16. The van der Waals surface area contributed by atoms with E-state index in [0.29, 0.717) is 5.92 Å². The highest BCUT2D eigenvalue weighted by molar-refractivity contribution is 7.13. The van der Waals surface area contributed by atoms with Gasteiger partial charge in [-0.3, -0.25) is 0 Å². The molecule has 0 unspecified atom stereocenters. The molecule has 1 aliphatic rings. The Labute approximate surface area is 76.2 Å². The third-order valence-corrected chi connectivity index (χ3v) is 3.14. The van der Waals surface area contributed by atoms with Crippen molar-refractivity contribution in [2.75, 3.05) is 24.5 Å². The number of rotatable bonds is 2. The molecule has 1 saturated heterocycles. The molecule has 1 fully saturated rings. The number of aromatic nitrogens is 1. The highest BCUT2D eigenvalue weighted by Crippen LogP contribution is 2.24. The number of thiazole rings is 1. The predicted molar refractivity (Wildman–Crippen MR) is 51.5 cm³/mol. The fourth-order valence-electron chi connectivity index (χ4n) is 1.57. The van der Waals surface area contributed by atoms with Gasteiger partial charge in [0.05, 0.1) is 0 Å². The first-order valence-electron chi connectivity index (χ1n) is 4.24. The molecule has 3 nitrogen and oxygen atoms in total. The van der Waals surface area contributed by atoms with Crippen LogP contribution < -0.4 is 10.6 Å². The van der Waals surface area contributed by atoms with E-state index in [4.69, 9.17) is 5.73 Å². The second-order valence-corrected chi connectivity index (χ2v) is 4.02. The van der Waals surface area contributed by atoms with E-state index in [0.717, 1.165) is 24.8 Å². The number of nitrogens with two attached hydrogens (primary N) is 1. The van der Waals surface area contributed by atoms with Crippen molar-refractivity contribution >= 4 is 16.5 Å². The number of hydrogen-bond acceptors (Lipinski definition) is 4. The third-order valence-electron chi connectivity index (χ3n) is 2.31. The summed E-state index contributed by atoms with van der Waals surface area (Å²) in [5.41, 5.74) is 5.61. The van der Waals surface area contributed by atoms with Crippen molar-refractivity contribution < 1.29 is 0 Å². The van der Waals surface area contributed by atoms with Crippen LogP contribution in [0.4, 0.5) is 5.13 Å². The lowest BCUT2D eigenvalue weighted by Gasteiger charge is -2.13. The summed E-state index contributed by atoms with van der Waals surface area (Å²) >= 11 is 1.71. The van der Waals surface area contributed by atoms with Crippen LogP contribution in [0.15, 0.2) is 11.6 Å². The van der Waals surface area contributed by atoms with Crippen LogP contribution in [0.3, 0.4) is 0 Å². The monoisotopic (exact) mass is 183 g/mol. The maximum Gasteiger partial charge on any atom is 0.185 e. The molecule has 0 amide bonds. The van der Waals surface area contributed by atoms with Crippen LogP contribution in [0.2, 0.25) is 0 Å². The first kappa shape index (κ1) is 8.01. The van der Waals surface area contributed by atoms with Gasteiger partial charge in [-0.2, -0.15) is 0 Å². The maximum absolute atomic E-state index is 5.61. The minimum Gasteiger partial charge on any atom is -0.348 e. The fraction of sp³-hybridized carbons (Fsp3) is 0.625. The lowest BCUT2D eigenvalue weighted by atomic mass is 10.1. The fourth-order valence-corrected chi connectivity index (χ4v) is 2.25. The Balaban J connectivity index is 2.00. The molecular formula is C8H13N3S. The summed E-state index contributed by atoms with van der Waals surface area (Å²) in [6.45, 7) is 3.02. The molecule has 0 radical (unpaired) electrons. The van der Waals surface area contributed by atoms with Gasteiger partial charge in [0.15, 0.2) is 5.13 Å². The van der Waals surface area contributed by atoms with Gasteiger partial charge in [-0.1, -0.05) is 0 Å². The van der Waals surface area contributed by atoms with Gasteiger partial charge < -0.3 is 10.6 Å². The molecule has 1 atom stereocenters. The zero-order valence-corrected chi connectivity index (χ0v) is 7.76. The molecule has 4 heteroatoms. The SMILES string of the molecule is NC[C@@H]1CCN(c2nccs2)C1. The summed E-state index contributed by atoms with van der Waals surface area (Å²) < 4.78 is 0. The minimum atomic E-state index is 0.675.